The SMILES string of the molecule is NC1=N[C@@H]2CC[C@H](N)C[C@H]2S1. The van der Waals surface area contributed by atoms with Crippen LogP contribution < -0.4 is 11.5 Å². The number of amidine groups is 1. The van der Waals surface area contributed by atoms with Gasteiger partial charge in [0.15, 0.2) is 5.17 Å². The Labute approximate surface area is 70.6 Å². The maximum Gasteiger partial charge on any atom is 0.154 e. The number of hydrogen-bond acceptors (Lipinski definition) is 4. The Bertz CT molecular complexity index is 192. The van der Waals surface area contributed by atoms with Crippen LogP contribution in [-0.4, -0.2) is 22.5 Å². The highest BCUT2D eigenvalue weighted by molar-refractivity contribution is 8.14. The largest absolute Gasteiger partial charge is 0.379 e. The highest BCUT2D eigenvalue weighted by atomic mass is 32.2. The van der Waals surface area contributed by atoms with E-state index in [1.165, 1.54) is 0 Å². The molecule has 1 fully saturated rings. The number of thioether (sulfide) groups is 1. The van der Waals surface area contributed by atoms with Crippen LogP contribution in [0.25, 0.3) is 0 Å². The Morgan fingerprint density at radius 1 is 1.45 bits per heavy atom. The Morgan fingerprint density at radius 3 is 3.09 bits per heavy atom. The molecular weight excluding hydrogens is 158 g/mol. The lowest BCUT2D eigenvalue weighted by Crippen LogP contribution is -2.35. The lowest BCUT2D eigenvalue weighted by Gasteiger charge is -2.26. The van der Waals surface area contributed by atoms with E-state index in [-0.39, 0.29) is 0 Å². The number of nitrogens with two attached hydrogens (primary N) is 2. The molecule has 4 heteroatoms. The van der Waals surface area contributed by atoms with Gasteiger partial charge in [0.05, 0.1) is 6.04 Å². The van der Waals surface area contributed by atoms with Crippen molar-refractivity contribution in [2.75, 3.05) is 0 Å². The molecule has 1 aliphatic carbocycles. The van der Waals surface area contributed by atoms with Gasteiger partial charge >= 0.3 is 0 Å². The average molecular weight is 171 g/mol. The Balaban J connectivity index is 2.03. The summed E-state index contributed by atoms with van der Waals surface area (Å²) in [5.74, 6) is 0. The van der Waals surface area contributed by atoms with E-state index in [0.29, 0.717) is 17.3 Å². The normalized spacial score (nSPS) is 43.4. The van der Waals surface area contributed by atoms with Crippen LogP contribution in [0.15, 0.2) is 4.99 Å². The minimum absolute atomic E-state index is 0.379. The fraction of sp³-hybridized carbons (Fsp3) is 0.857. The molecule has 0 unspecified atom stereocenters. The molecule has 0 bridgehead atoms. The van der Waals surface area contributed by atoms with Gasteiger partial charge in [-0.15, -0.1) is 0 Å². The quantitative estimate of drug-likeness (QED) is 0.551. The molecule has 62 valence electrons. The summed E-state index contributed by atoms with van der Waals surface area (Å²) < 4.78 is 0. The van der Waals surface area contributed by atoms with Crippen molar-refractivity contribution in [2.24, 2.45) is 16.5 Å². The second kappa shape index (κ2) is 2.68. The molecule has 0 spiro atoms. The number of nitrogens with zero attached hydrogens (tertiary/aromatic N) is 1. The zero-order valence-corrected chi connectivity index (χ0v) is 7.18. The molecule has 0 aromatic rings. The van der Waals surface area contributed by atoms with E-state index in [0.717, 1.165) is 24.4 Å². The Morgan fingerprint density at radius 2 is 2.27 bits per heavy atom. The summed E-state index contributed by atoms with van der Waals surface area (Å²) in [6.45, 7) is 0. The minimum Gasteiger partial charge on any atom is -0.379 e. The van der Waals surface area contributed by atoms with Crippen LogP contribution in [-0.2, 0) is 0 Å². The van der Waals surface area contributed by atoms with Gasteiger partial charge in [0.2, 0.25) is 0 Å². The van der Waals surface area contributed by atoms with Crippen LogP contribution in [0, 0.1) is 0 Å². The predicted molar refractivity (Wildman–Crippen MR) is 48.6 cm³/mol. The highest BCUT2D eigenvalue weighted by Crippen LogP contribution is 2.35. The van der Waals surface area contributed by atoms with Crippen LogP contribution >= 0.6 is 11.8 Å². The van der Waals surface area contributed by atoms with Crippen molar-refractivity contribution in [3.63, 3.8) is 0 Å². The van der Waals surface area contributed by atoms with E-state index in [1.807, 2.05) is 0 Å². The number of hydrogen-bond donors (Lipinski definition) is 2. The van der Waals surface area contributed by atoms with Crippen LogP contribution in [0.2, 0.25) is 0 Å². The van der Waals surface area contributed by atoms with Gasteiger partial charge in [0.25, 0.3) is 0 Å². The molecular formula is C7H13N3S. The molecule has 1 heterocycles. The zero-order valence-electron chi connectivity index (χ0n) is 6.36. The second-order valence-corrected chi connectivity index (χ2v) is 4.52. The van der Waals surface area contributed by atoms with Crippen LogP contribution in [0.4, 0.5) is 0 Å². The first-order chi connectivity index (χ1) is 5.25. The second-order valence-electron chi connectivity index (χ2n) is 3.26. The third-order valence-corrected chi connectivity index (χ3v) is 3.52. The van der Waals surface area contributed by atoms with Crippen LogP contribution in [0.5, 0.6) is 0 Å². The van der Waals surface area contributed by atoms with Gasteiger partial charge in [-0.25, -0.2) is 0 Å². The van der Waals surface area contributed by atoms with Crippen LogP contribution in [0.1, 0.15) is 19.3 Å². The molecule has 0 radical (unpaired) electrons. The van der Waals surface area contributed by atoms with E-state index >= 15 is 0 Å². The molecule has 11 heavy (non-hydrogen) atoms. The van der Waals surface area contributed by atoms with E-state index in [9.17, 15) is 0 Å². The smallest absolute Gasteiger partial charge is 0.154 e. The first kappa shape index (κ1) is 7.43. The zero-order chi connectivity index (χ0) is 7.84. The van der Waals surface area contributed by atoms with Gasteiger partial charge in [-0.05, 0) is 19.3 Å². The van der Waals surface area contributed by atoms with Crippen molar-refractivity contribution in [2.45, 2.75) is 36.6 Å². The number of aliphatic imine (C=N–C) groups is 1. The Hall–Kier alpha value is -0.220. The molecule has 0 amide bonds. The Kier molecular flexibility index (Phi) is 1.81. The average Bonchev–Trinajstić information content (AvgIpc) is 2.27. The summed E-state index contributed by atoms with van der Waals surface area (Å²) in [6.07, 6.45) is 3.32. The molecule has 3 nitrogen and oxygen atoms in total. The van der Waals surface area contributed by atoms with Gasteiger partial charge < -0.3 is 11.5 Å². The van der Waals surface area contributed by atoms with E-state index < -0.39 is 0 Å². The summed E-state index contributed by atoms with van der Waals surface area (Å²) in [5, 5.41) is 1.34. The third-order valence-electron chi connectivity index (χ3n) is 2.36. The third kappa shape index (κ3) is 1.37. The standard InChI is InChI=1S/C7H13N3S/c8-4-1-2-5-6(3-4)11-7(9)10-5/h4-6H,1-3,8H2,(H2,9,10)/t4-,5+,6+/m0/s1. The lowest BCUT2D eigenvalue weighted by molar-refractivity contribution is 0.412. The molecule has 2 rings (SSSR count). The molecule has 0 saturated heterocycles. The van der Waals surface area contributed by atoms with E-state index in [1.54, 1.807) is 11.8 Å². The summed E-state index contributed by atoms with van der Waals surface area (Å²) in [6, 6.07) is 0.852. The summed E-state index contributed by atoms with van der Waals surface area (Å²) in [4.78, 5) is 4.35. The molecule has 4 N–H and O–H groups in total. The van der Waals surface area contributed by atoms with Crippen molar-refractivity contribution in [3.8, 4) is 0 Å². The van der Waals surface area contributed by atoms with Crippen LogP contribution in [0.3, 0.4) is 0 Å². The topological polar surface area (TPSA) is 64.4 Å². The molecule has 0 aromatic heterocycles. The lowest BCUT2D eigenvalue weighted by atomic mass is 9.92. The molecule has 1 aliphatic heterocycles. The molecule has 0 aromatic carbocycles. The molecule has 1 saturated carbocycles. The number of fused-ring (bicyclic) bond motifs is 1. The van der Waals surface area contributed by atoms with Gasteiger partial charge in [-0.2, -0.15) is 0 Å². The fourth-order valence-corrected chi connectivity index (χ4v) is 2.97. The van der Waals surface area contributed by atoms with Gasteiger partial charge in [0.1, 0.15) is 0 Å². The van der Waals surface area contributed by atoms with Crippen molar-refractivity contribution >= 4 is 16.9 Å². The van der Waals surface area contributed by atoms with Crippen molar-refractivity contribution in [1.29, 1.82) is 0 Å². The van der Waals surface area contributed by atoms with E-state index in [2.05, 4.69) is 4.99 Å². The minimum atomic E-state index is 0.379. The van der Waals surface area contributed by atoms with Gasteiger partial charge in [-0.3, -0.25) is 4.99 Å². The maximum absolute atomic E-state index is 5.83. The monoisotopic (exact) mass is 171 g/mol. The van der Waals surface area contributed by atoms with Crippen molar-refractivity contribution in [3.05, 3.63) is 0 Å². The fourth-order valence-electron chi connectivity index (χ4n) is 1.77. The highest BCUT2D eigenvalue weighted by Gasteiger charge is 2.33. The summed E-state index contributed by atoms with van der Waals surface area (Å²) in [7, 11) is 0. The summed E-state index contributed by atoms with van der Waals surface area (Å²) in [5.41, 5.74) is 11.4. The number of rotatable bonds is 0. The summed E-state index contributed by atoms with van der Waals surface area (Å²) >= 11 is 1.70. The van der Waals surface area contributed by atoms with E-state index in [4.69, 9.17) is 11.5 Å². The van der Waals surface area contributed by atoms with Gasteiger partial charge in [0, 0.05) is 11.3 Å². The van der Waals surface area contributed by atoms with Crippen molar-refractivity contribution < 1.29 is 0 Å². The maximum atomic E-state index is 5.83. The molecule has 2 aliphatic rings. The van der Waals surface area contributed by atoms with Crippen molar-refractivity contribution in [1.82, 2.24) is 0 Å². The molecule has 3 atom stereocenters. The van der Waals surface area contributed by atoms with Gasteiger partial charge in [-0.1, -0.05) is 11.8 Å². The first-order valence-corrected chi connectivity index (χ1v) is 4.89. The first-order valence-electron chi connectivity index (χ1n) is 4.01. The predicted octanol–water partition coefficient (Wildman–Crippen LogP) is 0.296.